The Balaban J connectivity index is 0. The molecule has 0 rings (SSSR count). The van der Waals surface area contributed by atoms with Crippen LogP contribution in [0.5, 0.6) is 0 Å². The van der Waals surface area contributed by atoms with Gasteiger partial charge < -0.3 is 4.90 Å². The predicted molar refractivity (Wildman–Crippen MR) is 58.6 cm³/mol. The molecule has 0 fully saturated rings. The standard InChI is InChI=1S/C5H11Cl2N.CIN/c1-8(4-2-6)5-3-7;2-1-3/h2-5H2,1H3;. The normalized spacial score (nSPS) is 8.36. The van der Waals surface area contributed by atoms with Crippen LogP contribution in [0.25, 0.3) is 0 Å². The molecule has 0 bridgehead atoms. The second-order valence-electron chi connectivity index (χ2n) is 1.77. The summed E-state index contributed by atoms with van der Waals surface area (Å²) in [6.45, 7) is 1.85. The van der Waals surface area contributed by atoms with Gasteiger partial charge in [0, 0.05) is 24.8 Å². The summed E-state index contributed by atoms with van der Waals surface area (Å²) in [6.07, 6.45) is 0. The lowest BCUT2D eigenvalue weighted by molar-refractivity contribution is 0.378. The van der Waals surface area contributed by atoms with E-state index in [4.69, 9.17) is 28.5 Å². The predicted octanol–water partition coefficient (Wildman–Crippen LogP) is 2.30. The topological polar surface area (TPSA) is 27.0 Å². The van der Waals surface area contributed by atoms with Crippen LogP contribution in [0.1, 0.15) is 0 Å². The van der Waals surface area contributed by atoms with Crippen LogP contribution in [0.4, 0.5) is 0 Å². The number of rotatable bonds is 4. The minimum absolute atomic E-state index is 0.688. The first-order valence-corrected chi connectivity index (χ1v) is 5.17. The number of alkyl halides is 2. The maximum Gasteiger partial charge on any atom is 0.134 e. The third-order valence-electron chi connectivity index (χ3n) is 0.932. The monoisotopic (exact) mass is 308 g/mol. The minimum atomic E-state index is 0.688. The fourth-order valence-electron chi connectivity index (χ4n) is 0.400. The van der Waals surface area contributed by atoms with E-state index >= 15 is 0 Å². The Bertz CT molecular complexity index is 99.2. The zero-order chi connectivity index (χ0) is 9.11. The van der Waals surface area contributed by atoms with E-state index in [9.17, 15) is 0 Å². The number of hydrogen-bond acceptors (Lipinski definition) is 2. The van der Waals surface area contributed by atoms with E-state index in [2.05, 4.69) is 4.90 Å². The fourth-order valence-corrected chi connectivity index (χ4v) is 0.977. The van der Waals surface area contributed by atoms with Gasteiger partial charge in [0.2, 0.25) is 0 Å². The molecule has 0 unspecified atom stereocenters. The van der Waals surface area contributed by atoms with Gasteiger partial charge in [-0.3, -0.25) is 0 Å². The van der Waals surface area contributed by atoms with Crippen LogP contribution >= 0.6 is 45.8 Å². The van der Waals surface area contributed by atoms with Crippen LogP contribution in [0.3, 0.4) is 0 Å². The molecule has 0 spiro atoms. The smallest absolute Gasteiger partial charge is 0.134 e. The Morgan fingerprint density at radius 2 is 1.64 bits per heavy atom. The Morgan fingerprint density at radius 1 is 1.36 bits per heavy atom. The minimum Gasteiger partial charge on any atom is -0.304 e. The van der Waals surface area contributed by atoms with Gasteiger partial charge in [-0.25, -0.2) is 0 Å². The highest BCUT2D eigenvalue weighted by molar-refractivity contribution is 14.1. The van der Waals surface area contributed by atoms with Crippen molar-refractivity contribution in [3.63, 3.8) is 0 Å². The van der Waals surface area contributed by atoms with Gasteiger partial charge in [0.05, 0.1) is 22.6 Å². The fraction of sp³-hybridized carbons (Fsp3) is 0.833. The molecular weight excluding hydrogens is 298 g/mol. The van der Waals surface area contributed by atoms with Crippen molar-refractivity contribution >= 4 is 45.8 Å². The summed E-state index contributed by atoms with van der Waals surface area (Å²) in [5, 5.41) is 7.31. The maximum atomic E-state index is 7.31. The lowest BCUT2D eigenvalue weighted by Gasteiger charge is -2.11. The third kappa shape index (κ3) is 18.1. The van der Waals surface area contributed by atoms with E-state index in [1.54, 1.807) is 26.7 Å². The second kappa shape index (κ2) is 13.4. The Morgan fingerprint density at radius 3 is 1.82 bits per heavy atom. The summed E-state index contributed by atoms with van der Waals surface area (Å²) in [6, 6.07) is 0. The molecule has 2 nitrogen and oxygen atoms in total. The van der Waals surface area contributed by atoms with Gasteiger partial charge in [-0.2, -0.15) is 5.26 Å². The van der Waals surface area contributed by atoms with Crippen LogP contribution in [0.2, 0.25) is 0 Å². The van der Waals surface area contributed by atoms with Crippen LogP contribution in [-0.2, 0) is 0 Å². The van der Waals surface area contributed by atoms with Gasteiger partial charge in [0.25, 0.3) is 0 Å². The van der Waals surface area contributed by atoms with Gasteiger partial charge in [0.15, 0.2) is 0 Å². The average Bonchev–Trinajstić information content (AvgIpc) is 1.90. The lowest BCUT2D eigenvalue weighted by Crippen LogP contribution is -2.22. The van der Waals surface area contributed by atoms with Crippen molar-refractivity contribution in [1.29, 1.82) is 5.26 Å². The highest BCUT2D eigenvalue weighted by Gasteiger charge is 1.92. The highest BCUT2D eigenvalue weighted by atomic mass is 127. The first-order chi connectivity index (χ1) is 5.22. The zero-order valence-corrected chi connectivity index (χ0v) is 10.0. The van der Waals surface area contributed by atoms with Crippen LogP contribution in [0.15, 0.2) is 0 Å². The van der Waals surface area contributed by atoms with Crippen LogP contribution in [-0.4, -0.2) is 36.8 Å². The molecule has 11 heavy (non-hydrogen) atoms. The molecule has 0 aromatic heterocycles. The highest BCUT2D eigenvalue weighted by Crippen LogP contribution is 1.85. The summed E-state index contributed by atoms with van der Waals surface area (Å²) >= 11 is 12.5. The number of nitriles is 1. The van der Waals surface area contributed by atoms with Crippen molar-refractivity contribution in [2.45, 2.75) is 0 Å². The van der Waals surface area contributed by atoms with Crippen molar-refractivity contribution in [2.24, 2.45) is 0 Å². The molecule has 0 aliphatic rings. The van der Waals surface area contributed by atoms with E-state index in [1.165, 1.54) is 0 Å². The third-order valence-corrected chi connectivity index (χ3v) is 1.27. The lowest BCUT2D eigenvalue weighted by atomic mass is 10.6. The van der Waals surface area contributed by atoms with Gasteiger partial charge in [0.1, 0.15) is 4.08 Å². The summed E-state index contributed by atoms with van der Waals surface area (Å²) < 4.78 is 1.72. The number of halogens is 3. The van der Waals surface area contributed by atoms with E-state index in [0.717, 1.165) is 13.1 Å². The molecule has 5 heteroatoms. The summed E-state index contributed by atoms with van der Waals surface area (Å²) in [4.78, 5) is 2.10. The molecule has 0 N–H and O–H groups in total. The van der Waals surface area contributed by atoms with Gasteiger partial charge in [-0.05, 0) is 7.05 Å². The van der Waals surface area contributed by atoms with Crippen molar-refractivity contribution in [3.05, 3.63) is 0 Å². The van der Waals surface area contributed by atoms with Crippen molar-refractivity contribution < 1.29 is 0 Å². The largest absolute Gasteiger partial charge is 0.304 e. The van der Waals surface area contributed by atoms with E-state index in [-0.39, 0.29) is 0 Å². The number of nitrogens with zero attached hydrogens (tertiary/aromatic N) is 2. The van der Waals surface area contributed by atoms with Crippen molar-refractivity contribution in [2.75, 3.05) is 31.9 Å². The van der Waals surface area contributed by atoms with Crippen molar-refractivity contribution in [3.8, 4) is 4.08 Å². The van der Waals surface area contributed by atoms with E-state index in [0.29, 0.717) is 11.8 Å². The molecule has 0 saturated heterocycles. The molecule has 0 aliphatic carbocycles. The quantitative estimate of drug-likeness (QED) is 0.588. The molecule has 0 aliphatic heterocycles. The second-order valence-corrected chi connectivity index (χ2v) is 3.00. The van der Waals surface area contributed by atoms with Crippen LogP contribution < -0.4 is 0 Å². The van der Waals surface area contributed by atoms with Gasteiger partial charge >= 0.3 is 0 Å². The molecule has 0 aromatic carbocycles. The number of hydrogen-bond donors (Lipinski definition) is 0. The molecule has 0 aromatic rings. The molecule has 0 radical (unpaired) electrons. The molecular formula is C6H11Cl2IN2. The summed E-state index contributed by atoms with van der Waals surface area (Å²) in [7, 11) is 2.00. The van der Waals surface area contributed by atoms with Crippen molar-refractivity contribution in [1.82, 2.24) is 4.90 Å². The first-order valence-electron chi connectivity index (χ1n) is 3.03. The molecule has 0 atom stereocenters. The van der Waals surface area contributed by atoms with E-state index in [1.807, 2.05) is 7.05 Å². The average molecular weight is 309 g/mol. The SMILES string of the molecule is CN(CCCl)CCCl.N#CI. The Hall–Kier alpha value is 0.760. The van der Waals surface area contributed by atoms with Gasteiger partial charge in [-0.15, -0.1) is 23.2 Å². The molecule has 0 heterocycles. The van der Waals surface area contributed by atoms with E-state index < -0.39 is 0 Å². The van der Waals surface area contributed by atoms with Crippen LogP contribution in [0, 0.1) is 9.34 Å². The summed E-state index contributed by atoms with van der Waals surface area (Å²) in [5.74, 6) is 1.38. The molecule has 0 saturated carbocycles. The molecule has 66 valence electrons. The molecule has 0 amide bonds. The Kier molecular flexibility index (Phi) is 17.4. The Labute approximate surface area is 91.6 Å². The van der Waals surface area contributed by atoms with Gasteiger partial charge in [-0.1, -0.05) is 0 Å². The summed E-state index contributed by atoms with van der Waals surface area (Å²) in [5.41, 5.74) is 0. The maximum absolute atomic E-state index is 7.31. The first kappa shape index (κ1) is 14.3. The zero-order valence-electron chi connectivity index (χ0n) is 6.36.